The first kappa shape index (κ1) is 26.2. The zero-order chi connectivity index (χ0) is 20.2. The molecule has 1 aliphatic heterocycles. The Balaban J connectivity index is 0.00000320. The molecule has 0 aromatic rings. The normalized spacial score (nSPS) is 23.2. The summed E-state index contributed by atoms with van der Waals surface area (Å²) in [5.74, 6) is 0.986. The van der Waals surface area contributed by atoms with Crippen molar-refractivity contribution in [3.05, 3.63) is 0 Å². The topological polar surface area (TPSA) is 48.9 Å². The van der Waals surface area contributed by atoms with Gasteiger partial charge in [0.2, 0.25) is 0 Å². The van der Waals surface area contributed by atoms with Crippen LogP contribution in [0.3, 0.4) is 0 Å². The quantitative estimate of drug-likeness (QED) is 0.187. The fourth-order valence-electron chi connectivity index (χ4n) is 5.34. The van der Waals surface area contributed by atoms with E-state index in [2.05, 4.69) is 20.5 Å². The van der Waals surface area contributed by atoms with Gasteiger partial charge in [-0.2, -0.15) is 0 Å². The highest BCUT2D eigenvalue weighted by molar-refractivity contribution is 14.0. The van der Waals surface area contributed by atoms with Crippen LogP contribution in [0.1, 0.15) is 96.3 Å². The molecule has 176 valence electrons. The van der Waals surface area contributed by atoms with E-state index < -0.39 is 0 Å². The van der Waals surface area contributed by atoms with Gasteiger partial charge in [0.15, 0.2) is 5.96 Å². The molecule has 2 aliphatic carbocycles. The maximum Gasteiger partial charge on any atom is 0.191 e. The van der Waals surface area contributed by atoms with E-state index in [1.54, 1.807) is 0 Å². The van der Waals surface area contributed by atoms with Crippen LogP contribution < -0.4 is 10.6 Å². The molecule has 2 N–H and O–H groups in total. The number of likely N-dealkylation sites (tertiary alicyclic amines) is 1. The third kappa shape index (κ3) is 9.60. The summed E-state index contributed by atoms with van der Waals surface area (Å²) in [5.41, 5.74) is 0. The van der Waals surface area contributed by atoms with Crippen molar-refractivity contribution < 1.29 is 4.74 Å². The number of ether oxygens (including phenoxy) is 1. The summed E-state index contributed by atoms with van der Waals surface area (Å²) < 4.78 is 6.02. The van der Waals surface area contributed by atoms with Crippen LogP contribution in [0.25, 0.3) is 0 Å². The van der Waals surface area contributed by atoms with E-state index in [0.717, 1.165) is 25.2 Å². The Morgan fingerprint density at radius 3 is 2.20 bits per heavy atom. The molecule has 1 saturated heterocycles. The Labute approximate surface area is 202 Å². The van der Waals surface area contributed by atoms with Gasteiger partial charge in [0.25, 0.3) is 0 Å². The molecule has 5 nitrogen and oxygen atoms in total. The predicted molar refractivity (Wildman–Crippen MR) is 138 cm³/mol. The lowest BCUT2D eigenvalue weighted by Crippen LogP contribution is -2.51. The van der Waals surface area contributed by atoms with Crippen molar-refractivity contribution in [2.24, 2.45) is 4.99 Å². The predicted octanol–water partition coefficient (Wildman–Crippen LogP) is 5.09. The number of aliphatic imine (C=N–C) groups is 1. The summed E-state index contributed by atoms with van der Waals surface area (Å²) >= 11 is 0. The number of unbranched alkanes of at least 4 members (excludes halogenated alkanes) is 2. The summed E-state index contributed by atoms with van der Waals surface area (Å²) in [6.45, 7) is 4.45. The van der Waals surface area contributed by atoms with Gasteiger partial charge in [0, 0.05) is 45.4 Å². The Morgan fingerprint density at radius 1 is 0.867 bits per heavy atom. The van der Waals surface area contributed by atoms with Crippen molar-refractivity contribution in [1.82, 2.24) is 15.5 Å². The third-order valence-electron chi connectivity index (χ3n) is 7.20. The van der Waals surface area contributed by atoms with E-state index in [4.69, 9.17) is 4.74 Å². The molecule has 6 heteroatoms. The van der Waals surface area contributed by atoms with Crippen molar-refractivity contribution in [2.75, 3.05) is 33.3 Å². The van der Waals surface area contributed by atoms with Crippen molar-refractivity contribution in [2.45, 2.75) is 114 Å². The third-order valence-corrected chi connectivity index (χ3v) is 7.20. The summed E-state index contributed by atoms with van der Waals surface area (Å²) in [4.78, 5) is 7.20. The standard InChI is InChI=1S/C24H46N4O.HI/c1-25-24(26-17-9-4-10-20-29-23-13-7-3-8-14-23)27-21-15-18-28(19-16-21)22-11-5-2-6-12-22;/h21-23H,2-20H2,1H3,(H2,25,26,27);1H. The first-order valence-corrected chi connectivity index (χ1v) is 12.7. The first-order chi connectivity index (χ1) is 14.3. The second-order valence-electron chi connectivity index (χ2n) is 9.44. The van der Waals surface area contributed by atoms with Gasteiger partial charge in [0.1, 0.15) is 0 Å². The molecule has 1 heterocycles. The van der Waals surface area contributed by atoms with E-state index in [9.17, 15) is 0 Å². The summed E-state index contributed by atoms with van der Waals surface area (Å²) in [6, 6.07) is 1.44. The largest absolute Gasteiger partial charge is 0.378 e. The number of halogens is 1. The number of nitrogens with zero attached hydrogens (tertiary/aromatic N) is 2. The van der Waals surface area contributed by atoms with Crippen molar-refractivity contribution >= 4 is 29.9 Å². The summed E-state index contributed by atoms with van der Waals surface area (Å²) in [5, 5.41) is 7.18. The average molecular weight is 535 g/mol. The fourth-order valence-corrected chi connectivity index (χ4v) is 5.34. The van der Waals surface area contributed by atoms with E-state index in [1.807, 2.05) is 7.05 Å². The van der Waals surface area contributed by atoms with Crippen LogP contribution in [0.2, 0.25) is 0 Å². The lowest BCUT2D eigenvalue weighted by atomic mass is 9.92. The molecular formula is C24H47IN4O. The minimum absolute atomic E-state index is 0. The molecule has 2 saturated carbocycles. The van der Waals surface area contributed by atoms with E-state index in [1.165, 1.54) is 109 Å². The van der Waals surface area contributed by atoms with Crippen molar-refractivity contribution in [3.8, 4) is 0 Å². The van der Waals surface area contributed by atoms with E-state index >= 15 is 0 Å². The van der Waals surface area contributed by atoms with E-state index in [0.29, 0.717) is 12.1 Å². The van der Waals surface area contributed by atoms with Gasteiger partial charge >= 0.3 is 0 Å². The Hall–Kier alpha value is -0.0800. The summed E-state index contributed by atoms with van der Waals surface area (Å²) in [6.07, 6.45) is 20.5. The van der Waals surface area contributed by atoms with Crippen LogP contribution in [0.15, 0.2) is 4.99 Å². The van der Waals surface area contributed by atoms with Crippen LogP contribution in [-0.4, -0.2) is 62.3 Å². The minimum Gasteiger partial charge on any atom is -0.378 e. The monoisotopic (exact) mass is 534 g/mol. The van der Waals surface area contributed by atoms with Gasteiger partial charge in [-0.15, -0.1) is 24.0 Å². The zero-order valence-electron chi connectivity index (χ0n) is 19.4. The van der Waals surface area contributed by atoms with Crippen LogP contribution in [0, 0.1) is 0 Å². The number of piperidine rings is 1. The van der Waals surface area contributed by atoms with Gasteiger partial charge in [-0.3, -0.25) is 4.99 Å². The highest BCUT2D eigenvalue weighted by Crippen LogP contribution is 2.25. The highest BCUT2D eigenvalue weighted by atomic mass is 127. The zero-order valence-corrected chi connectivity index (χ0v) is 21.7. The Bertz CT molecular complexity index is 456. The Kier molecular flexibility index (Phi) is 13.7. The molecule has 3 fully saturated rings. The molecule has 0 radical (unpaired) electrons. The molecule has 3 rings (SSSR count). The number of rotatable bonds is 9. The molecule has 0 amide bonds. The highest BCUT2D eigenvalue weighted by Gasteiger charge is 2.26. The van der Waals surface area contributed by atoms with E-state index in [-0.39, 0.29) is 24.0 Å². The number of hydrogen-bond donors (Lipinski definition) is 2. The van der Waals surface area contributed by atoms with Gasteiger partial charge in [-0.1, -0.05) is 38.5 Å². The van der Waals surface area contributed by atoms with Crippen LogP contribution in [0.5, 0.6) is 0 Å². The van der Waals surface area contributed by atoms with Gasteiger partial charge in [0.05, 0.1) is 6.10 Å². The minimum atomic E-state index is 0. The molecule has 0 atom stereocenters. The van der Waals surface area contributed by atoms with Crippen LogP contribution in [0.4, 0.5) is 0 Å². The van der Waals surface area contributed by atoms with Gasteiger partial charge in [-0.25, -0.2) is 0 Å². The first-order valence-electron chi connectivity index (χ1n) is 12.7. The lowest BCUT2D eigenvalue weighted by molar-refractivity contribution is 0.0264. The molecule has 0 unspecified atom stereocenters. The molecular weight excluding hydrogens is 487 g/mol. The Morgan fingerprint density at radius 2 is 1.53 bits per heavy atom. The van der Waals surface area contributed by atoms with Gasteiger partial charge < -0.3 is 20.3 Å². The average Bonchev–Trinajstić information content (AvgIpc) is 2.79. The molecule has 3 aliphatic rings. The molecule has 0 aromatic heterocycles. The number of nitrogens with one attached hydrogen (secondary N) is 2. The lowest BCUT2D eigenvalue weighted by Gasteiger charge is -2.39. The fraction of sp³-hybridized carbons (Fsp3) is 0.958. The van der Waals surface area contributed by atoms with Crippen molar-refractivity contribution in [1.29, 1.82) is 0 Å². The molecule has 0 spiro atoms. The second kappa shape index (κ2) is 15.7. The van der Waals surface area contributed by atoms with Crippen LogP contribution in [-0.2, 0) is 4.74 Å². The maximum atomic E-state index is 6.02. The number of hydrogen-bond acceptors (Lipinski definition) is 3. The van der Waals surface area contributed by atoms with Gasteiger partial charge in [-0.05, 0) is 57.8 Å². The SMILES string of the molecule is CN=C(NCCCCCOC1CCCCC1)NC1CCN(C2CCCCC2)CC1.I. The molecule has 30 heavy (non-hydrogen) atoms. The van der Waals surface area contributed by atoms with Crippen LogP contribution >= 0.6 is 24.0 Å². The number of guanidine groups is 1. The van der Waals surface area contributed by atoms with Crippen molar-refractivity contribution in [3.63, 3.8) is 0 Å². The molecule has 0 aromatic carbocycles. The maximum absolute atomic E-state index is 6.02. The molecule has 0 bridgehead atoms. The summed E-state index contributed by atoms with van der Waals surface area (Å²) in [7, 11) is 1.89. The second-order valence-corrected chi connectivity index (χ2v) is 9.44. The smallest absolute Gasteiger partial charge is 0.191 e.